The molecule has 0 spiro atoms. The number of rotatable bonds is 2. The lowest BCUT2D eigenvalue weighted by Gasteiger charge is -2.14. The molecular weight excluding hydrogens is 236 g/mol. The number of nitrogens with zero attached hydrogens (tertiary/aromatic N) is 1. The van der Waals surface area contributed by atoms with Crippen LogP contribution in [0.5, 0.6) is 0 Å². The number of hydrogen-bond donors (Lipinski definition) is 3. The summed E-state index contributed by atoms with van der Waals surface area (Å²) in [5.74, 6) is 0. The van der Waals surface area contributed by atoms with E-state index in [0.29, 0.717) is 11.6 Å². The number of H-pyrrole nitrogens is 1. The van der Waals surface area contributed by atoms with Crippen LogP contribution in [0.3, 0.4) is 0 Å². The topological polar surface area (TPSA) is 63.6 Å². The fourth-order valence-corrected chi connectivity index (χ4v) is 2.80. The van der Waals surface area contributed by atoms with Crippen LogP contribution in [0.1, 0.15) is 23.2 Å². The molecule has 0 radical (unpaired) electrons. The first-order valence-electron chi connectivity index (χ1n) is 6.70. The fourth-order valence-electron chi connectivity index (χ4n) is 2.80. The molecule has 19 heavy (non-hydrogen) atoms. The van der Waals surface area contributed by atoms with E-state index in [1.54, 1.807) is 0 Å². The number of fused-ring (bicyclic) bond motifs is 1. The Labute approximate surface area is 112 Å². The van der Waals surface area contributed by atoms with Crippen molar-refractivity contribution in [1.29, 1.82) is 5.26 Å². The lowest BCUT2D eigenvalue weighted by Crippen LogP contribution is -2.22. The van der Waals surface area contributed by atoms with E-state index in [2.05, 4.69) is 35.5 Å². The minimum atomic E-state index is 0.478. The van der Waals surface area contributed by atoms with Gasteiger partial charge >= 0.3 is 0 Å². The second-order valence-electron chi connectivity index (χ2n) is 5.23. The van der Waals surface area contributed by atoms with Gasteiger partial charge in [0.2, 0.25) is 0 Å². The van der Waals surface area contributed by atoms with Crippen molar-refractivity contribution >= 4 is 16.6 Å². The number of hydrogen-bond acceptors (Lipinski definition) is 3. The first kappa shape index (κ1) is 12.1. The molecule has 0 saturated carbocycles. The molecule has 0 aliphatic carbocycles. The van der Waals surface area contributed by atoms with E-state index < -0.39 is 0 Å². The molecule has 0 unspecified atom stereocenters. The van der Waals surface area contributed by atoms with Crippen LogP contribution in [-0.4, -0.2) is 24.1 Å². The SMILES string of the molecule is Cc1[nH]c2c(C#N)ccc(N[C@H]3CCNC3)c2c1C. The van der Waals surface area contributed by atoms with Crippen molar-refractivity contribution in [3.63, 3.8) is 0 Å². The van der Waals surface area contributed by atoms with Gasteiger partial charge in [0.05, 0.1) is 11.1 Å². The van der Waals surface area contributed by atoms with Gasteiger partial charge in [-0.25, -0.2) is 0 Å². The van der Waals surface area contributed by atoms with Crippen LogP contribution in [0.25, 0.3) is 10.9 Å². The third-order valence-corrected chi connectivity index (χ3v) is 4.00. The van der Waals surface area contributed by atoms with Crippen molar-refractivity contribution in [2.75, 3.05) is 18.4 Å². The molecule has 3 rings (SSSR count). The first-order chi connectivity index (χ1) is 9.20. The minimum Gasteiger partial charge on any atom is -0.380 e. The zero-order valence-electron chi connectivity index (χ0n) is 11.3. The van der Waals surface area contributed by atoms with E-state index in [-0.39, 0.29) is 0 Å². The molecule has 0 bridgehead atoms. The summed E-state index contributed by atoms with van der Waals surface area (Å²) in [6.07, 6.45) is 1.14. The largest absolute Gasteiger partial charge is 0.380 e. The van der Waals surface area contributed by atoms with Crippen molar-refractivity contribution in [3.8, 4) is 6.07 Å². The van der Waals surface area contributed by atoms with Gasteiger partial charge in [0.1, 0.15) is 6.07 Å². The minimum absolute atomic E-state index is 0.478. The third-order valence-electron chi connectivity index (χ3n) is 4.00. The van der Waals surface area contributed by atoms with Crippen LogP contribution in [0.15, 0.2) is 12.1 Å². The first-order valence-corrected chi connectivity index (χ1v) is 6.70. The maximum Gasteiger partial charge on any atom is 0.101 e. The molecule has 1 aromatic carbocycles. The molecule has 0 amide bonds. The van der Waals surface area contributed by atoms with Crippen LogP contribution in [0.4, 0.5) is 5.69 Å². The smallest absolute Gasteiger partial charge is 0.101 e. The molecule has 2 aromatic rings. The summed E-state index contributed by atoms with van der Waals surface area (Å²) < 4.78 is 0. The number of nitrogens with one attached hydrogen (secondary N) is 3. The number of anilines is 1. The molecule has 98 valence electrons. The van der Waals surface area contributed by atoms with Crippen molar-refractivity contribution in [3.05, 3.63) is 29.0 Å². The molecule has 1 saturated heterocycles. The highest BCUT2D eigenvalue weighted by molar-refractivity contribution is 5.99. The standard InChI is InChI=1S/C15H18N4/c1-9-10(2)18-15-11(7-16)3-4-13(14(9)15)19-12-5-6-17-8-12/h3-4,12,17-19H,5-6,8H2,1-2H3/t12-/m0/s1. The van der Waals surface area contributed by atoms with Gasteiger partial charge < -0.3 is 15.6 Å². The van der Waals surface area contributed by atoms with Crippen LogP contribution >= 0.6 is 0 Å². The van der Waals surface area contributed by atoms with E-state index >= 15 is 0 Å². The van der Waals surface area contributed by atoms with Crippen LogP contribution in [-0.2, 0) is 0 Å². The summed E-state index contributed by atoms with van der Waals surface area (Å²) in [5.41, 5.74) is 5.14. The van der Waals surface area contributed by atoms with Crippen LogP contribution in [0, 0.1) is 25.2 Å². The van der Waals surface area contributed by atoms with Gasteiger partial charge in [-0.2, -0.15) is 5.26 Å². The van der Waals surface area contributed by atoms with Gasteiger partial charge in [-0.1, -0.05) is 0 Å². The summed E-state index contributed by atoms with van der Waals surface area (Å²) in [7, 11) is 0. The normalized spacial score (nSPS) is 18.7. The van der Waals surface area contributed by atoms with Gasteiger partial charge in [0, 0.05) is 29.4 Å². The molecular formula is C15H18N4. The Bertz CT molecular complexity index is 657. The molecule has 3 N–H and O–H groups in total. The van der Waals surface area contributed by atoms with E-state index in [0.717, 1.165) is 41.8 Å². The van der Waals surface area contributed by atoms with Gasteiger partial charge in [0.15, 0.2) is 0 Å². The fraction of sp³-hybridized carbons (Fsp3) is 0.400. The van der Waals surface area contributed by atoms with E-state index in [4.69, 9.17) is 0 Å². The molecule has 1 aliphatic rings. The number of aromatic nitrogens is 1. The highest BCUT2D eigenvalue weighted by Gasteiger charge is 2.18. The van der Waals surface area contributed by atoms with Crippen molar-refractivity contribution in [2.45, 2.75) is 26.3 Å². The van der Waals surface area contributed by atoms with Crippen molar-refractivity contribution in [2.24, 2.45) is 0 Å². The summed E-state index contributed by atoms with van der Waals surface area (Å²) in [6.45, 7) is 6.23. The second kappa shape index (κ2) is 4.60. The number of benzene rings is 1. The number of aromatic amines is 1. The summed E-state index contributed by atoms with van der Waals surface area (Å²) in [6, 6.07) is 6.66. The molecule has 1 aliphatic heterocycles. The van der Waals surface area contributed by atoms with Gasteiger partial charge in [-0.05, 0) is 44.5 Å². The molecule has 4 nitrogen and oxygen atoms in total. The molecule has 1 atom stereocenters. The Morgan fingerprint density at radius 2 is 2.21 bits per heavy atom. The predicted octanol–water partition coefficient (Wildman–Crippen LogP) is 2.43. The third kappa shape index (κ3) is 1.96. The Morgan fingerprint density at radius 3 is 2.89 bits per heavy atom. The maximum atomic E-state index is 9.21. The highest BCUT2D eigenvalue weighted by Crippen LogP contribution is 2.31. The van der Waals surface area contributed by atoms with Crippen LogP contribution in [0.2, 0.25) is 0 Å². The summed E-state index contributed by atoms with van der Waals surface area (Å²) in [4.78, 5) is 3.33. The lowest BCUT2D eigenvalue weighted by molar-refractivity contribution is 0.794. The van der Waals surface area contributed by atoms with Gasteiger partial charge in [-0.15, -0.1) is 0 Å². The van der Waals surface area contributed by atoms with Crippen molar-refractivity contribution in [1.82, 2.24) is 10.3 Å². The summed E-state index contributed by atoms with van der Waals surface area (Å²) in [5, 5.41) is 17.3. The Morgan fingerprint density at radius 1 is 1.37 bits per heavy atom. The van der Waals surface area contributed by atoms with Crippen molar-refractivity contribution < 1.29 is 0 Å². The van der Waals surface area contributed by atoms with Crippen LogP contribution < -0.4 is 10.6 Å². The van der Waals surface area contributed by atoms with E-state index in [1.807, 2.05) is 12.1 Å². The van der Waals surface area contributed by atoms with Gasteiger partial charge in [-0.3, -0.25) is 0 Å². The summed E-state index contributed by atoms with van der Waals surface area (Å²) >= 11 is 0. The maximum absolute atomic E-state index is 9.21. The Hall–Kier alpha value is -1.99. The van der Waals surface area contributed by atoms with E-state index in [1.165, 1.54) is 5.56 Å². The highest BCUT2D eigenvalue weighted by atomic mass is 15.0. The van der Waals surface area contributed by atoms with E-state index in [9.17, 15) is 5.26 Å². The quantitative estimate of drug-likeness (QED) is 0.771. The second-order valence-corrected chi connectivity index (χ2v) is 5.23. The van der Waals surface area contributed by atoms with Gasteiger partial charge in [0.25, 0.3) is 0 Å². The Kier molecular flexibility index (Phi) is 2.92. The monoisotopic (exact) mass is 254 g/mol. The molecule has 2 heterocycles. The lowest BCUT2D eigenvalue weighted by atomic mass is 10.1. The number of aryl methyl sites for hydroxylation is 2. The molecule has 1 aromatic heterocycles. The zero-order valence-corrected chi connectivity index (χ0v) is 11.3. The Balaban J connectivity index is 2.11. The number of nitriles is 1. The average molecular weight is 254 g/mol. The molecule has 4 heteroatoms. The predicted molar refractivity (Wildman–Crippen MR) is 77.4 cm³/mol. The average Bonchev–Trinajstić information content (AvgIpc) is 3.00. The molecule has 1 fully saturated rings. The zero-order chi connectivity index (χ0) is 13.4.